The summed E-state index contributed by atoms with van der Waals surface area (Å²) in [6, 6.07) is 11.5. The molecule has 0 aliphatic carbocycles. The van der Waals surface area contributed by atoms with Gasteiger partial charge in [-0.3, -0.25) is 4.79 Å². The molecule has 0 radical (unpaired) electrons. The van der Waals surface area contributed by atoms with Gasteiger partial charge < -0.3 is 5.32 Å². The van der Waals surface area contributed by atoms with E-state index in [0.717, 1.165) is 20.1 Å². The van der Waals surface area contributed by atoms with Crippen molar-refractivity contribution < 1.29 is 4.79 Å². The van der Waals surface area contributed by atoms with E-state index in [1.807, 2.05) is 36.4 Å². The fourth-order valence-corrected chi connectivity index (χ4v) is 4.45. The highest BCUT2D eigenvalue weighted by atomic mass is 79.9. The van der Waals surface area contributed by atoms with E-state index in [1.165, 1.54) is 0 Å². The number of piperidine rings is 1. The van der Waals surface area contributed by atoms with Crippen LogP contribution in [0.1, 0.15) is 11.1 Å². The molecule has 2 atom stereocenters. The van der Waals surface area contributed by atoms with Gasteiger partial charge in [0.2, 0.25) is 0 Å². The van der Waals surface area contributed by atoms with Crippen LogP contribution in [0, 0.1) is 11.8 Å². The van der Waals surface area contributed by atoms with Gasteiger partial charge in [-0.2, -0.15) is 0 Å². The van der Waals surface area contributed by atoms with Gasteiger partial charge in [0.05, 0.1) is 0 Å². The molecule has 0 spiro atoms. The van der Waals surface area contributed by atoms with Crippen molar-refractivity contribution in [2.24, 2.45) is 11.8 Å². The highest BCUT2D eigenvalue weighted by molar-refractivity contribution is 9.10. The van der Waals surface area contributed by atoms with Gasteiger partial charge >= 0.3 is 0 Å². The average Bonchev–Trinajstić information content (AvgIpc) is 2.58. The van der Waals surface area contributed by atoms with Crippen molar-refractivity contribution in [1.82, 2.24) is 5.32 Å². The third-order valence-electron chi connectivity index (χ3n) is 4.53. The van der Waals surface area contributed by atoms with Crippen LogP contribution >= 0.6 is 55.1 Å². The summed E-state index contributed by atoms with van der Waals surface area (Å²) < 4.78 is 1.95. The Morgan fingerprint density at radius 1 is 0.880 bits per heavy atom. The SMILES string of the molecule is O=C1C(Cc2cc(Br)ccc2Cl)CNCC1Cc1cc(Br)ccc1Cl. The third-order valence-corrected chi connectivity index (χ3v) is 6.26. The number of ketones is 1. The van der Waals surface area contributed by atoms with Crippen LogP contribution in [0.15, 0.2) is 45.3 Å². The Labute approximate surface area is 174 Å². The van der Waals surface area contributed by atoms with E-state index >= 15 is 0 Å². The number of hydrogen-bond donors (Lipinski definition) is 1. The lowest BCUT2D eigenvalue weighted by Crippen LogP contribution is -2.45. The number of hydrogen-bond acceptors (Lipinski definition) is 2. The molecular formula is C19H17Br2Cl2NO. The van der Waals surface area contributed by atoms with E-state index in [4.69, 9.17) is 23.2 Å². The van der Waals surface area contributed by atoms with Crippen molar-refractivity contribution in [2.75, 3.05) is 13.1 Å². The fraction of sp³-hybridized carbons (Fsp3) is 0.316. The van der Waals surface area contributed by atoms with Gasteiger partial charge in [-0.05, 0) is 60.4 Å². The Bertz CT molecular complexity index is 733. The molecule has 0 amide bonds. The lowest BCUT2D eigenvalue weighted by atomic mass is 9.82. The second-order valence-electron chi connectivity index (χ2n) is 6.33. The number of Topliss-reactive ketones (excluding diaryl/α,β-unsaturated/α-hetero) is 1. The Hall–Kier alpha value is -0.390. The first-order chi connectivity index (χ1) is 11.9. The predicted molar refractivity (Wildman–Crippen MR) is 111 cm³/mol. The van der Waals surface area contributed by atoms with Crippen molar-refractivity contribution in [3.05, 3.63) is 66.5 Å². The monoisotopic (exact) mass is 503 g/mol. The first-order valence-electron chi connectivity index (χ1n) is 8.06. The van der Waals surface area contributed by atoms with Crippen LogP contribution in [0.5, 0.6) is 0 Å². The first kappa shape index (κ1) is 19.4. The van der Waals surface area contributed by atoms with E-state index in [0.29, 0.717) is 36.0 Å². The highest BCUT2D eigenvalue weighted by Gasteiger charge is 2.31. The molecule has 0 saturated carbocycles. The van der Waals surface area contributed by atoms with E-state index in [-0.39, 0.29) is 17.6 Å². The molecule has 1 heterocycles. The van der Waals surface area contributed by atoms with Crippen molar-refractivity contribution in [2.45, 2.75) is 12.8 Å². The Balaban J connectivity index is 1.74. The minimum Gasteiger partial charge on any atom is -0.315 e. The molecule has 3 rings (SSSR count). The van der Waals surface area contributed by atoms with E-state index in [2.05, 4.69) is 37.2 Å². The predicted octanol–water partition coefficient (Wildman–Crippen LogP) is 5.71. The minimum absolute atomic E-state index is 0.0727. The van der Waals surface area contributed by atoms with Crippen molar-refractivity contribution >= 4 is 60.8 Å². The second kappa shape index (κ2) is 8.53. The topological polar surface area (TPSA) is 29.1 Å². The van der Waals surface area contributed by atoms with Gasteiger partial charge in [0.25, 0.3) is 0 Å². The molecule has 0 bridgehead atoms. The maximum absolute atomic E-state index is 13.0. The summed E-state index contributed by atoms with van der Waals surface area (Å²) in [5.74, 6) is 0.138. The number of halogens is 4. The molecule has 2 aromatic carbocycles. The number of rotatable bonds is 4. The first-order valence-corrected chi connectivity index (χ1v) is 10.4. The Kier molecular flexibility index (Phi) is 6.61. The molecular weight excluding hydrogens is 489 g/mol. The number of benzene rings is 2. The summed E-state index contributed by atoms with van der Waals surface area (Å²) in [4.78, 5) is 13.0. The van der Waals surface area contributed by atoms with E-state index in [9.17, 15) is 4.79 Å². The Morgan fingerprint density at radius 2 is 1.32 bits per heavy atom. The standard InChI is InChI=1S/C19H17Br2Cl2NO/c20-15-1-3-17(22)11(7-15)5-13-9-24-10-14(19(13)25)6-12-8-16(21)2-4-18(12)23/h1-4,7-8,13-14,24H,5-6,9-10H2. The fourth-order valence-electron chi connectivity index (χ4n) is 3.24. The largest absolute Gasteiger partial charge is 0.315 e. The highest BCUT2D eigenvalue weighted by Crippen LogP contribution is 2.29. The molecule has 0 aromatic heterocycles. The van der Waals surface area contributed by atoms with Crippen LogP contribution in [0.25, 0.3) is 0 Å². The molecule has 6 heteroatoms. The van der Waals surface area contributed by atoms with Gasteiger partial charge in [-0.1, -0.05) is 55.1 Å². The van der Waals surface area contributed by atoms with Crippen molar-refractivity contribution in [1.29, 1.82) is 0 Å². The summed E-state index contributed by atoms with van der Waals surface area (Å²) in [7, 11) is 0. The van der Waals surface area contributed by atoms with Gasteiger partial charge in [-0.15, -0.1) is 0 Å². The maximum Gasteiger partial charge on any atom is 0.142 e. The van der Waals surface area contributed by atoms with Gasteiger partial charge in [0, 0.05) is 43.9 Å². The second-order valence-corrected chi connectivity index (χ2v) is 8.98. The summed E-state index contributed by atoms with van der Waals surface area (Å²) >= 11 is 19.5. The van der Waals surface area contributed by atoms with Gasteiger partial charge in [0.1, 0.15) is 5.78 Å². The van der Waals surface area contributed by atoms with Crippen molar-refractivity contribution in [3.8, 4) is 0 Å². The zero-order chi connectivity index (χ0) is 18.0. The minimum atomic E-state index is -0.0727. The van der Waals surface area contributed by atoms with Crippen LogP contribution in [0.3, 0.4) is 0 Å². The summed E-state index contributed by atoms with van der Waals surface area (Å²) in [6.45, 7) is 1.37. The lowest BCUT2D eigenvalue weighted by molar-refractivity contribution is -0.128. The zero-order valence-electron chi connectivity index (χ0n) is 13.4. The number of carbonyl (C=O) groups excluding carboxylic acids is 1. The average molecular weight is 506 g/mol. The number of nitrogens with one attached hydrogen (secondary N) is 1. The van der Waals surface area contributed by atoms with Gasteiger partial charge in [-0.25, -0.2) is 0 Å². The normalized spacial score (nSPS) is 20.7. The quantitative estimate of drug-likeness (QED) is 0.576. The third kappa shape index (κ3) is 4.86. The molecule has 25 heavy (non-hydrogen) atoms. The van der Waals surface area contributed by atoms with Crippen LogP contribution in [-0.2, 0) is 17.6 Å². The smallest absolute Gasteiger partial charge is 0.142 e. The van der Waals surface area contributed by atoms with Crippen LogP contribution in [0.4, 0.5) is 0 Å². The van der Waals surface area contributed by atoms with Crippen LogP contribution < -0.4 is 5.32 Å². The summed E-state index contributed by atoms with van der Waals surface area (Å²) in [5.41, 5.74) is 2.00. The van der Waals surface area contributed by atoms with E-state index < -0.39 is 0 Å². The van der Waals surface area contributed by atoms with Gasteiger partial charge in [0.15, 0.2) is 0 Å². The molecule has 1 aliphatic heterocycles. The Morgan fingerprint density at radius 3 is 1.76 bits per heavy atom. The zero-order valence-corrected chi connectivity index (χ0v) is 18.1. The van der Waals surface area contributed by atoms with Crippen LogP contribution in [-0.4, -0.2) is 18.9 Å². The molecule has 1 N–H and O–H groups in total. The van der Waals surface area contributed by atoms with E-state index in [1.54, 1.807) is 0 Å². The lowest BCUT2D eigenvalue weighted by Gasteiger charge is -2.29. The molecule has 2 aromatic rings. The maximum atomic E-state index is 13.0. The molecule has 2 unspecified atom stereocenters. The molecule has 1 fully saturated rings. The van der Waals surface area contributed by atoms with Crippen LogP contribution in [0.2, 0.25) is 10.0 Å². The molecule has 1 aliphatic rings. The molecule has 132 valence electrons. The summed E-state index contributed by atoms with van der Waals surface area (Å²) in [6.07, 6.45) is 1.29. The number of carbonyl (C=O) groups is 1. The summed E-state index contributed by atoms with van der Waals surface area (Å²) in [5, 5.41) is 4.80. The van der Waals surface area contributed by atoms with Crippen molar-refractivity contribution in [3.63, 3.8) is 0 Å². The molecule has 1 saturated heterocycles. The molecule has 2 nitrogen and oxygen atoms in total.